The molecule has 0 aliphatic heterocycles. The van der Waals surface area contributed by atoms with Crippen molar-refractivity contribution in [2.75, 3.05) is 11.9 Å². The predicted octanol–water partition coefficient (Wildman–Crippen LogP) is 3.38. The van der Waals surface area contributed by atoms with E-state index in [4.69, 9.17) is 18.0 Å². The highest BCUT2D eigenvalue weighted by atomic mass is 32.1. The molecule has 0 bridgehead atoms. The Morgan fingerprint density at radius 2 is 2.06 bits per heavy atom. The topological polar surface area (TPSA) is 38.0 Å². The average Bonchev–Trinajstić information content (AvgIpc) is 2.22. The van der Waals surface area contributed by atoms with Gasteiger partial charge in [0.2, 0.25) is 0 Å². The largest absolute Gasteiger partial charge is 0.389 e. The van der Waals surface area contributed by atoms with E-state index in [0.717, 1.165) is 5.56 Å². The summed E-state index contributed by atoms with van der Waals surface area (Å²) in [6.07, 6.45) is -4.89. The number of alkyl halides is 3. The number of nitrogens with one attached hydrogen (secondary N) is 1. The number of benzene rings is 1. The molecule has 0 heterocycles. The number of hydrogen-bond acceptors (Lipinski definition) is 2. The van der Waals surface area contributed by atoms with Crippen LogP contribution in [0.5, 0.6) is 0 Å². The van der Waals surface area contributed by atoms with Crippen molar-refractivity contribution >= 4 is 22.9 Å². The SMILES string of the molecule is Cc1ccc(C(N)=S)c(NCCCC(F)(F)F)c1. The molecule has 1 aromatic carbocycles. The normalized spacial score (nSPS) is 11.3. The molecule has 18 heavy (non-hydrogen) atoms. The first kappa shape index (κ1) is 14.8. The second-order valence-electron chi connectivity index (χ2n) is 4.06. The minimum absolute atomic E-state index is 0.0220. The van der Waals surface area contributed by atoms with Gasteiger partial charge in [-0.05, 0) is 31.0 Å². The first-order valence-electron chi connectivity index (χ1n) is 5.50. The number of nitrogens with two attached hydrogens (primary N) is 1. The van der Waals surface area contributed by atoms with Crippen LogP contribution in [0.2, 0.25) is 0 Å². The van der Waals surface area contributed by atoms with Gasteiger partial charge in [0.25, 0.3) is 0 Å². The van der Waals surface area contributed by atoms with E-state index in [1.165, 1.54) is 0 Å². The summed E-state index contributed by atoms with van der Waals surface area (Å²) in [5.41, 5.74) is 7.88. The van der Waals surface area contributed by atoms with E-state index >= 15 is 0 Å². The van der Waals surface area contributed by atoms with Gasteiger partial charge >= 0.3 is 6.18 Å². The maximum absolute atomic E-state index is 12.0. The lowest BCUT2D eigenvalue weighted by Gasteiger charge is -2.12. The fraction of sp³-hybridized carbons (Fsp3) is 0.417. The second kappa shape index (κ2) is 6.04. The molecule has 0 unspecified atom stereocenters. The molecule has 0 amide bonds. The van der Waals surface area contributed by atoms with Gasteiger partial charge in [-0.3, -0.25) is 0 Å². The third-order valence-electron chi connectivity index (χ3n) is 2.39. The molecule has 100 valence electrons. The fourth-order valence-corrected chi connectivity index (χ4v) is 1.71. The van der Waals surface area contributed by atoms with Crippen molar-refractivity contribution in [3.05, 3.63) is 29.3 Å². The molecule has 0 aliphatic carbocycles. The number of hydrogen-bond donors (Lipinski definition) is 2. The van der Waals surface area contributed by atoms with Crippen molar-refractivity contribution in [1.29, 1.82) is 0 Å². The summed E-state index contributed by atoms with van der Waals surface area (Å²) in [6, 6.07) is 5.45. The van der Waals surface area contributed by atoms with Gasteiger partial charge in [-0.25, -0.2) is 0 Å². The number of aryl methyl sites for hydroxylation is 1. The zero-order valence-electron chi connectivity index (χ0n) is 9.97. The van der Waals surface area contributed by atoms with E-state index in [0.29, 0.717) is 11.3 Å². The standard InChI is InChI=1S/C12H15F3N2S/c1-8-3-4-9(11(16)18)10(7-8)17-6-2-5-12(13,14)15/h3-4,7,17H,2,5-6H2,1H3,(H2,16,18). The van der Waals surface area contributed by atoms with Gasteiger partial charge in [-0.15, -0.1) is 0 Å². The van der Waals surface area contributed by atoms with Crippen LogP contribution in [-0.2, 0) is 0 Å². The molecule has 1 aromatic rings. The lowest BCUT2D eigenvalue weighted by atomic mass is 10.1. The van der Waals surface area contributed by atoms with Crippen LogP contribution in [0.1, 0.15) is 24.0 Å². The summed E-state index contributed by atoms with van der Waals surface area (Å²) < 4.78 is 36.0. The average molecular weight is 276 g/mol. The van der Waals surface area contributed by atoms with Crippen molar-refractivity contribution in [1.82, 2.24) is 0 Å². The number of halogens is 3. The molecule has 0 atom stereocenters. The van der Waals surface area contributed by atoms with E-state index in [-0.39, 0.29) is 18.0 Å². The number of rotatable bonds is 5. The zero-order chi connectivity index (χ0) is 13.8. The molecule has 0 radical (unpaired) electrons. The van der Waals surface area contributed by atoms with E-state index in [1.807, 2.05) is 19.1 Å². The van der Waals surface area contributed by atoms with E-state index in [2.05, 4.69) is 5.32 Å². The van der Waals surface area contributed by atoms with Crippen LogP contribution in [-0.4, -0.2) is 17.7 Å². The summed E-state index contributed by atoms with van der Waals surface area (Å²) in [7, 11) is 0. The summed E-state index contributed by atoms with van der Waals surface area (Å²) in [4.78, 5) is 0.230. The van der Waals surface area contributed by atoms with Crippen LogP contribution in [0.25, 0.3) is 0 Å². The van der Waals surface area contributed by atoms with Gasteiger partial charge in [0.1, 0.15) is 4.99 Å². The molecule has 6 heteroatoms. The Labute approximate surface area is 109 Å². The van der Waals surface area contributed by atoms with Gasteiger partial charge in [-0.1, -0.05) is 18.3 Å². The molecule has 2 nitrogen and oxygen atoms in total. The Hall–Kier alpha value is -1.30. The minimum Gasteiger partial charge on any atom is -0.389 e. The van der Waals surface area contributed by atoms with Crippen LogP contribution < -0.4 is 11.1 Å². The van der Waals surface area contributed by atoms with E-state index in [9.17, 15) is 13.2 Å². The lowest BCUT2D eigenvalue weighted by molar-refractivity contribution is -0.134. The first-order valence-corrected chi connectivity index (χ1v) is 5.91. The van der Waals surface area contributed by atoms with Gasteiger partial charge in [0.15, 0.2) is 0 Å². The summed E-state index contributed by atoms with van der Waals surface area (Å²) in [6.45, 7) is 2.13. The highest BCUT2D eigenvalue weighted by molar-refractivity contribution is 7.80. The quantitative estimate of drug-likeness (QED) is 0.639. The van der Waals surface area contributed by atoms with E-state index in [1.54, 1.807) is 6.07 Å². The molecule has 0 saturated carbocycles. The van der Waals surface area contributed by atoms with Gasteiger partial charge in [0, 0.05) is 24.2 Å². The highest BCUT2D eigenvalue weighted by Gasteiger charge is 2.25. The molecule has 1 rings (SSSR count). The summed E-state index contributed by atoms with van der Waals surface area (Å²) in [5, 5.41) is 2.94. The molecule has 0 fully saturated rings. The maximum Gasteiger partial charge on any atom is 0.389 e. The smallest absolute Gasteiger partial charge is 0.389 e. The molecule has 0 spiro atoms. The van der Waals surface area contributed by atoms with E-state index < -0.39 is 12.6 Å². The summed E-state index contributed by atoms with van der Waals surface area (Å²) >= 11 is 4.89. The third kappa shape index (κ3) is 4.91. The van der Waals surface area contributed by atoms with Crippen molar-refractivity contribution < 1.29 is 13.2 Å². The van der Waals surface area contributed by atoms with Crippen molar-refractivity contribution in [3.8, 4) is 0 Å². The van der Waals surface area contributed by atoms with Crippen molar-refractivity contribution in [2.24, 2.45) is 5.73 Å². The molecular weight excluding hydrogens is 261 g/mol. The fourth-order valence-electron chi connectivity index (χ4n) is 1.53. The Kier molecular flexibility index (Phi) is 4.95. The van der Waals surface area contributed by atoms with Crippen LogP contribution in [0.3, 0.4) is 0 Å². The second-order valence-corrected chi connectivity index (χ2v) is 4.50. The third-order valence-corrected chi connectivity index (χ3v) is 2.61. The Balaban J connectivity index is 2.61. The molecule has 3 N–H and O–H groups in total. The van der Waals surface area contributed by atoms with Crippen LogP contribution >= 0.6 is 12.2 Å². The number of thiocarbonyl (C=S) groups is 1. The Bertz CT molecular complexity index is 430. The molecule has 0 aromatic heterocycles. The minimum atomic E-state index is -4.11. The maximum atomic E-state index is 12.0. The van der Waals surface area contributed by atoms with Crippen LogP contribution in [0, 0.1) is 6.92 Å². The highest BCUT2D eigenvalue weighted by Crippen LogP contribution is 2.22. The Morgan fingerprint density at radius 3 is 2.61 bits per heavy atom. The molecule has 0 saturated heterocycles. The van der Waals surface area contributed by atoms with Crippen LogP contribution in [0.4, 0.5) is 18.9 Å². The van der Waals surface area contributed by atoms with Crippen molar-refractivity contribution in [2.45, 2.75) is 25.9 Å². The monoisotopic (exact) mass is 276 g/mol. The Morgan fingerprint density at radius 1 is 1.39 bits per heavy atom. The van der Waals surface area contributed by atoms with Gasteiger partial charge in [0.05, 0.1) is 0 Å². The number of anilines is 1. The van der Waals surface area contributed by atoms with Gasteiger partial charge in [-0.2, -0.15) is 13.2 Å². The molecular formula is C12H15F3N2S. The summed E-state index contributed by atoms with van der Waals surface area (Å²) in [5.74, 6) is 0. The lowest BCUT2D eigenvalue weighted by Crippen LogP contribution is -2.15. The zero-order valence-corrected chi connectivity index (χ0v) is 10.8. The van der Waals surface area contributed by atoms with Crippen LogP contribution in [0.15, 0.2) is 18.2 Å². The van der Waals surface area contributed by atoms with Gasteiger partial charge < -0.3 is 11.1 Å². The predicted molar refractivity (Wildman–Crippen MR) is 70.8 cm³/mol. The van der Waals surface area contributed by atoms with Crippen molar-refractivity contribution in [3.63, 3.8) is 0 Å². The first-order chi connectivity index (χ1) is 8.29. The molecule has 0 aliphatic rings.